The Hall–Kier alpha value is -6.78. The zero-order valence-corrected chi connectivity index (χ0v) is 35.6. The van der Waals surface area contributed by atoms with Gasteiger partial charge in [0.05, 0.1) is 69.0 Å². The molecule has 4 atom stereocenters. The molecule has 0 unspecified atom stereocenters. The summed E-state index contributed by atoms with van der Waals surface area (Å²) < 4.78 is 21.8. The summed E-state index contributed by atoms with van der Waals surface area (Å²) in [6.45, 7) is 5.36. The van der Waals surface area contributed by atoms with Crippen LogP contribution >= 0.6 is 0 Å². The molecule has 0 radical (unpaired) electrons. The number of ether oxygens (including phenoxy) is 4. The first-order valence-electron chi connectivity index (χ1n) is 21.3. The Kier molecular flexibility index (Phi) is 11.3. The van der Waals surface area contributed by atoms with Crippen molar-refractivity contribution in [1.29, 1.82) is 0 Å². The maximum atomic E-state index is 14.1. The average Bonchev–Trinajstić information content (AvgIpc) is 4.17. The fourth-order valence-corrected chi connectivity index (χ4v) is 9.14. The van der Waals surface area contributed by atoms with Gasteiger partial charge in [-0.1, -0.05) is 86.6 Å². The second-order valence-electron chi connectivity index (χ2n) is 16.6. The summed E-state index contributed by atoms with van der Waals surface area (Å²) in [6, 6.07) is 25.3. The van der Waals surface area contributed by atoms with Crippen molar-refractivity contribution in [2.24, 2.45) is 5.92 Å². The summed E-state index contributed by atoms with van der Waals surface area (Å²) in [5.74, 6) is -0.331. The zero-order valence-electron chi connectivity index (χ0n) is 35.6. The summed E-state index contributed by atoms with van der Waals surface area (Å²) >= 11 is 0. The van der Waals surface area contributed by atoms with Crippen molar-refractivity contribution in [3.05, 3.63) is 108 Å². The Bertz CT molecular complexity index is 2660. The van der Waals surface area contributed by atoms with Gasteiger partial charge in [-0.05, 0) is 58.5 Å². The van der Waals surface area contributed by atoms with Gasteiger partial charge in [-0.15, -0.1) is 0 Å². The SMILES string of the molecule is COC(=O)N[C@H](C(=O)N1CC2(C[C@H]1c1nc3c(ccc4cc(-c5ccc(-c6cnc([C@@H]7CCCN7C(=O)[C@H](NC(=O)OC)c7ccccc7)[nH]6)cc5)ccc43)[nH]1)OCCO2)C(C)C. The number of rotatable bonds is 10. The highest BCUT2D eigenvalue weighted by Gasteiger charge is 2.53. The van der Waals surface area contributed by atoms with Gasteiger partial charge in [-0.3, -0.25) is 9.59 Å². The predicted molar refractivity (Wildman–Crippen MR) is 233 cm³/mol. The standard InChI is InChI=1S/C47H50N8O8/c1-27(2)38(52-45(58)60-3)43(56)55-26-47(62-21-22-63-47)24-37(55)42-49-34-19-17-32-23-31(16-18-33(32)40(34)51-42)28-12-14-29(15-13-28)35-25-48-41(50-35)36-11-8-20-54(36)44(57)39(53-46(59)61-4)30-9-6-5-7-10-30/h5-7,9-10,12-19,23,25,27,36-39H,8,11,20-22,24,26H2,1-4H3,(H,48,50)(H,49,51)(H,52,58)(H,53,59)/t36-,37-,38-,39+/m0/s1. The van der Waals surface area contributed by atoms with E-state index in [-0.39, 0.29) is 30.3 Å². The summed E-state index contributed by atoms with van der Waals surface area (Å²) in [5, 5.41) is 7.39. The lowest BCUT2D eigenvalue weighted by Crippen LogP contribution is -2.52. The Labute approximate surface area is 363 Å². The van der Waals surface area contributed by atoms with Gasteiger partial charge in [0.25, 0.3) is 5.91 Å². The number of aromatic amines is 2. The molecule has 3 aliphatic rings. The highest BCUT2D eigenvalue weighted by Crippen LogP contribution is 2.43. The molecule has 326 valence electrons. The molecule has 1 spiro atoms. The maximum Gasteiger partial charge on any atom is 0.407 e. The van der Waals surface area contributed by atoms with Gasteiger partial charge in [0, 0.05) is 18.4 Å². The lowest BCUT2D eigenvalue weighted by Gasteiger charge is -2.30. The van der Waals surface area contributed by atoms with E-state index in [1.807, 2.05) is 62.4 Å². The van der Waals surface area contributed by atoms with Crippen LogP contribution in [0.5, 0.6) is 0 Å². The van der Waals surface area contributed by atoms with Crippen molar-refractivity contribution in [1.82, 2.24) is 40.4 Å². The average molecular weight is 855 g/mol. The van der Waals surface area contributed by atoms with Gasteiger partial charge in [0.2, 0.25) is 5.91 Å². The fourth-order valence-electron chi connectivity index (χ4n) is 9.14. The first-order valence-corrected chi connectivity index (χ1v) is 21.3. The minimum absolute atomic E-state index is 0.201. The molecular formula is C47H50N8O8. The molecule has 0 saturated carbocycles. The van der Waals surface area contributed by atoms with Crippen LogP contribution in [0.15, 0.2) is 91.1 Å². The Morgan fingerprint density at radius 1 is 0.794 bits per heavy atom. The number of H-pyrrole nitrogens is 2. The number of amides is 4. The topological polar surface area (TPSA) is 193 Å². The highest BCUT2D eigenvalue weighted by molar-refractivity contribution is 6.05. The predicted octanol–water partition coefficient (Wildman–Crippen LogP) is 6.93. The second-order valence-corrected chi connectivity index (χ2v) is 16.6. The zero-order chi connectivity index (χ0) is 43.8. The first kappa shape index (κ1) is 41.6. The van der Waals surface area contributed by atoms with Crippen molar-refractivity contribution >= 4 is 45.8 Å². The fraction of sp³-hybridized carbons (Fsp3) is 0.362. The lowest BCUT2D eigenvalue weighted by atomic mass is 9.99. The third kappa shape index (κ3) is 8.07. The van der Waals surface area contributed by atoms with Gasteiger partial charge >= 0.3 is 12.2 Å². The number of fused-ring (bicyclic) bond motifs is 3. The number of nitrogens with one attached hydrogen (secondary N) is 4. The van der Waals surface area contributed by atoms with E-state index >= 15 is 0 Å². The molecule has 3 fully saturated rings. The molecular weight excluding hydrogens is 805 g/mol. The van der Waals surface area contributed by atoms with Gasteiger partial charge < -0.3 is 49.3 Å². The number of alkyl carbamates (subject to hydrolysis) is 2. The number of hydrogen-bond donors (Lipinski definition) is 4. The number of hydrogen-bond acceptors (Lipinski definition) is 10. The molecule has 4 N–H and O–H groups in total. The van der Waals surface area contributed by atoms with Gasteiger partial charge in [0.1, 0.15) is 23.7 Å². The van der Waals surface area contributed by atoms with Gasteiger partial charge in [-0.25, -0.2) is 19.6 Å². The molecule has 16 heteroatoms. The molecule has 9 rings (SSSR count). The summed E-state index contributed by atoms with van der Waals surface area (Å²) in [6.07, 6.45) is 2.38. The van der Waals surface area contributed by atoms with E-state index in [2.05, 4.69) is 57.0 Å². The van der Waals surface area contributed by atoms with Gasteiger partial charge in [-0.2, -0.15) is 0 Å². The van der Waals surface area contributed by atoms with Crippen LogP contribution in [0.2, 0.25) is 0 Å². The number of imidazole rings is 2. The molecule has 0 aliphatic carbocycles. The summed E-state index contributed by atoms with van der Waals surface area (Å²) in [4.78, 5) is 72.8. The summed E-state index contributed by atoms with van der Waals surface area (Å²) in [7, 11) is 2.55. The third-order valence-corrected chi connectivity index (χ3v) is 12.4. The number of nitrogens with zero attached hydrogens (tertiary/aromatic N) is 4. The van der Waals surface area contributed by atoms with E-state index in [4.69, 9.17) is 28.9 Å². The molecule has 2 aromatic heterocycles. The van der Waals surface area contributed by atoms with E-state index in [0.29, 0.717) is 43.4 Å². The van der Waals surface area contributed by atoms with Crippen LogP contribution in [0.4, 0.5) is 9.59 Å². The minimum Gasteiger partial charge on any atom is -0.453 e. The molecule has 3 saturated heterocycles. The van der Waals surface area contributed by atoms with E-state index in [1.54, 1.807) is 16.0 Å². The normalized spacial score (nSPS) is 19.2. The van der Waals surface area contributed by atoms with Crippen LogP contribution in [0.3, 0.4) is 0 Å². The Balaban J connectivity index is 0.933. The molecule has 16 nitrogen and oxygen atoms in total. The number of carbonyl (C=O) groups is 4. The monoisotopic (exact) mass is 854 g/mol. The molecule has 4 aromatic carbocycles. The molecule has 63 heavy (non-hydrogen) atoms. The van der Waals surface area contributed by atoms with Crippen LogP contribution in [-0.2, 0) is 28.5 Å². The van der Waals surface area contributed by atoms with E-state index in [9.17, 15) is 19.2 Å². The van der Waals surface area contributed by atoms with Crippen molar-refractivity contribution < 1.29 is 38.1 Å². The van der Waals surface area contributed by atoms with E-state index in [1.165, 1.54) is 14.2 Å². The first-order chi connectivity index (χ1) is 30.5. The van der Waals surface area contributed by atoms with Crippen LogP contribution in [-0.4, -0.2) is 106 Å². The van der Waals surface area contributed by atoms with Crippen molar-refractivity contribution in [3.8, 4) is 22.4 Å². The number of methoxy groups -OCH3 is 2. The third-order valence-electron chi connectivity index (χ3n) is 12.4. The molecule has 0 bridgehead atoms. The number of likely N-dealkylation sites (tertiary alicyclic amines) is 2. The van der Waals surface area contributed by atoms with Crippen LogP contribution < -0.4 is 10.6 Å². The van der Waals surface area contributed by atoms with Crippen molar-refractivity contribution in [3.63, 3.8) is 0 Å². The summed E-state index contributed by atoms with van der Waals surface area (Å²) in [5.41, 5.74) is 6.14. The number of aromatic nitrogens is 4. The Morgan fingerprint density at radius 2 is 1.51 bits per heavy atom. The molecule has 3 aliphatic heterocycles. The minimum atomic E-state index is -0.950. The maximum absolute atomic E-state index is 14.1. The number of carbonyl (C=O) groups excluding carboxylic acids is 4. The molecule has 6 aromatic rings. The largest absolute Gasteiger partial charge is 0.453 e. The second kappa shape index (κ2) is 17.2. The highest BCUT2D eigenvalue weighted by atomic mass is 16.7. The van der Waals surface area contributed by atoms with Crippen molar-refractivity contribution in [2.45, 2.75) is 63.1 Å². The van der Waals surface area contributed by atoms with Crippen molar-refractivity contribution in [2.75, 3.05) is 40.5 Å². The van der Waals surface area contributed by atoms with E-state index in [0.717, 1.165) is 57.0 Å². The smallest absolute Gasteiger partial charge is 0.407 e. The number of benzene rings is 4. The quantitative estimate of drug-likeness (QED) is 0.112. The molecule has 4 amide bonds. The van der Waals surface area contributed by atoms with Gasteiger partial charge in [0.15, 0.2) is 5.79 Å². The lowest BCUT2D eigenvalue weighted by molar-refractivity contribution is -0.153. The van der Waals surface area contributed by atoms with E-state index < -0.39 is 36.1 Å². The van der Waals surface area contributed by atoms with Crippen LogP contribution in [0.1, 0.15) is 68.4 Å². The Morgan fingerprint density at radius 3 is 2.24 bits per heavy atom. The van der Waals surface area contributed by atoms with Crippen LogP contribution in [0.25, 0.3) is 44.2 Å². The van der Waals surface area contributed by atoms with Crippen LogP contribution in [0, 0.1) is 5.92 Å². The molecule has 5 heterocycles.